The van der Waals surface area contributed by atoms with Crippen molar-refractivity contribution in [1.82, 2.24) is 10.2 Å². The predicted octanol–water partition coefficient (Wildman–Crippen LogP) is 5.79. The normalized spacial score (nSPS) is 14.6. The molecule has 1 saturated carbocycles. The number of hydrogen-bond acceptors (Lipinski definition) is 4. The van der Waals surface area contributed by atoms with Gasteiger partial charge in [0.15, 0.2) is 0 Å². The van der Waals surface area contributed by atoms with E-state index in [-0.39, 0.29) is 29.3 Å². The van der Waals surface area contributed by atoms with Crippen molar-refractivity contribution in [2.75, 3.05) is 10.8 Å². The molecule has 7 nitrogen and oxygen atoms in total. The van der Waals surface area contributed by atoms with Crippen LogP contribution in [0.15, 0.2) is 83.8 Å². The van der Waals surface area contributed by atoms with Gasteiger partial charge < -0.3 is 10.2 Å². The van der Waals surface area contributed by atoms with Gasteiger partial charge in [-0.15, -0.1) is 0 Å². The van der Waals surface area contributed by atoms with Gasteiger partial charge in [0.05, 0.1) is 10.6 Å². The molecule has 218 valence electrons. The first-order valence-corrected chi connectivity index (χ1v) is 15.8. The minimum absolute atomic E-state index is 0.0956. The highest BCUT2D eigenvalue weighted by molar-refractivity contribution is 7.92. The summed E-state index contributed by atoms with van der Waals surface area (Å²) in [4.78, 5) is 29.1. The second-order valence-electron chi connectivity index (χ2n) is 11.2. The second-order valence-corrected chi connectivity index (χ2v) is 13.0. The summed E-state index contributed by atoms with van der Waals surface area (Å²) in [6, 6.07) is 22.4. The number of hydrogen-bond donors (Lipinski definition) is 1. The van der Waals surface area contributed by atoms with E-state index in [4.69, 9.17) is 0 Å². The molecule has 0 unspecified atom stereocenters. The van der Waals surface area contributed by atoms with E-state index in [9.17, 15) is 18.0 Å². The van der Waals surface area contributed by atoms with Crippen LogP contribution in [0.3, 0.4) is 0 Å². The van der Waals surface area contributed by atoms with Crippen molar-refractivity contribution in [1.29, 1.82) is 0 Å². The Kier molecular flexibility index (Phi) is 9.86. The maximum Gasteiger partial charge on any atom is 0.264 e. The summed E-state index contributed by atoms with van der Waals surface area (Å²) in [6.45, 7) is 7.57. The Bertz CT molecular complexity index is 1430. The lowest BCUT2D eigenvalue weighted by atomic mass is 10.0. The fraction of sp³-hybridized carbons (Fsp3) is 0.394. The number of rotatable bonds is 11. The van der Waals surface area contributed by atoms with Gasteiger partial charge in [-0.1, -0.05) is 81.3 Å². The lowest BCUT2D eigenvalue weighted by Gasteiger charge is -2.33. The van der Waals surface area contributed by atoms with Crippen LogP contribution < -0.4 is 9.62 Å². The zero-order chi connectivity index (χ0) is 29.6. The summed E-state index contributed by atoms with van der Waals surface area (Å²) in [5, 5.41) is 3.11. The Morgan fingerprint density at radius 1 is 0.878 bits per heavy atom. The number of anilines is 1. The van der Waals surface area contributed by atoms with E-state index in [1.807, 2.05) is 43.3 Å². The van der Waals surface area contributed by atoms with E-state index in [0.717, 1.165) is 46.7 Å². The average molecular weight is 576 g/mol. The Labute approximate surface area is 244 Å². The summed E-state index contributed by atoms with van der Waals surface area (Å²) in [5.41, 5.74) is 3.35. The molecule has 41 heavy (non-hydrogen) atoms. The second kappa shape index (κ2) is 13.3. The minimum Gasteiger partial charge on any atom is -0.352 e. The smallest absolute Gasteiger partial charge is 0.264 e. The molecule has 1 atom stereocenters. The highest BCUT2D eigenvalue weighted by Crippen LogP contribution is 2.27. The fourth-order valence-corrected chi connectivity index (χ4v) is 6.65. The summed E-state index contributed by atoms with van der Waals surface area (Å²) >= 11 is 0. The number of carbonyl (C=O) groups is 2. The van der Waals surface area contributed by atoms with Crippen LogP contribution in [0.5, 0.6) is 0 Å². The molecular weight excluding hydrogens is 534 g/mol. The maximum absolute atomic E-state index is 14.1. The van der Waals surface area contributed by atoms with Crippen molar-refractivity contribution in [3.05, 3.63) is 95.6 Å². The molecule has 0 saturated heterocycles. The third-order valence-electron chi connectivity index (χ3n) is 7.93. The van der Waals surface area contributed by atoms with E-state index >= 15 is 0 Å². The van der Waals surface area contributed by atoms with Crippen molar-refractivity contribution in [2.45, 2.75) is 82.8 Å². The van der Waals surface area contributed by atoms with Crippen molar-refractivity contribution >= 4 is 27.5 Å². The molecule has 0 spiro atoms. The van der Waals surface area contributed by atoms with Crippen LogP contribution >= 0.6 is 0 Å². The van der Waals surface area contributed by atoms with Gasteiger partial charge in [0, 0.05) is 12.6 Å². The molecule has 0 aromatic heterocycles. The van der Waals surface area contributed by atoms with Crippen molar-refractivity contribution in [2.24, 2.45) is 0 Å². The topological polar surface area (TPSA) is 86.8 Å². The van der Waals surface area contributed by atoms with Crippen LogP contribution in [0.25, 0.3) is 0 Å². The fourth-order valence-electron chi connectivity index (χ4n) is 5.22. The highest BCUT2D eigenvalue weighted by Gasteiger charge is 2.33. The van der Waals surface area contributed by atoms with Gasteiger partial charge in [-0.2, -0.15) is 0 Å². The molecule has 1 N–H and O–H groups in total. The molecule has 3 aromatic rings. The van der Waals surface area contributed by atoms with Crippen molar-refractivity contribution < 1.29 is 18.0 Å². The van der Waals surface area contributed by atoms with E-state index in [2.05, 4.69) is 19.2 Å². The SMILES string of the molecule is Cc1ccccc1CN(C(=O)CN(c1ccc(C(C)C)cc1)S(=O)(=O)c1ccccc1)[C@@H](C)C(=O)NC1CCCC1. The lowest BCUT2D eigenvalue weighted by Crippen LogP contribution is -2.52. The Morgan fingerprint density at radius 3 is 2.10 bits per heavy atom. The number of sulfonamides is 1. The van der Waals surface area contributed by atoms with Gasteiger partial charge in [-0.3, -0.25) is 13.9 Å². The van der Waals surface area contributed by atoms with E-state index < -0.39 is 28.5 Å². The van der Waals surface area contributed by atoms with Gasteiger partial charge in [0.1, 0.15) is 12.6 Å². The molecule has 1 aliphatic carbocycles. The number of nitrogens with one attached hydrogen (secondary N) is 1. The molecule has 0 radical (unpaired) electrons. The number of benzene rings is 3. The van der Waals surface area contributed by atoms with E-state index in [1.54, 1.807) is 37.3 Å². The molecule has 2 amide bonds. The number of carbonyl (C=O) groups excluding carboxylic acids is 2. The van der Waals surface area contributed by atoms with E-state index in [0.29, 0.717) is 5.69 Å². The average Bonchev–Trinajstić information content (AvgIpc) is 3.48. The van der Waals surface area contributed by atoms with Crippen LogP contribution in [-0.4, -0.2) is 43.8 Å². The first-order valence-electron chi connectivity index (χ1n) is 14.4. The van der Waals surface area contributed by atoms with Crippen LogP contribution in [-0.2, 0) is 26.2 Å². The quantitative estimate of drug-likeness (QED) is 0.314. The molecule has 0 heterocycles. The lowest BCUT2D eigenvalue weighted by molar-refractivity contribution is -0.139. The molecule has 8 heteroatoms. The van der Waals surface area contributed by atoms with Crippen LogP contribution in [0.2, 0.25) is 0 Å². The van der Waals surface area contributed by atoms with Crippen LogP contribution in [0.4, 0.5) is 5.69 Å². The number of aryl methyl sites for hydroxylation is 1. The maximum atomic E-state index is 14.1. The molecule has 4 rings (SSSR count). The van der Waals surface area contributed by atoms with Gasteiger partial charge in [0.2, 0.25) is 11.8 Å². The van der Waals surface area contributed by atoms with Gasteiger partial charge in [-0.05, 0) is 73.6 Å². The summed E-state index contributed by atoms with van der Waals surface area (Å²) < 4.78 is 29.0. The summed E-state index contributed by atoms with van der Waals surface area (Å²) in [6.07, 6.45) is 4.01. The molecule has 1 aliphatic rings. The standard InChI is InChI=1S/C33H41N3O4S/c1-24(2)27-18-20-30(21-19-27)36(41(39,40)31-16-6-5-7-17-31)23-32(37)35(22-28-13-9-8-12-25(28)3)26(4)33(38)34-29-14-10-11-15-29/h5-9,12-13,16-21,24,26,29H,10-11,14-15,22-23H2,1-4H3,(H,34,38)/t26-/m0/s1. The van der Waals surface area contributed by atoms with E-state index in [1.165, 1.54) is 17.0 Å². The molecule has 0 aliphatic heterocycles. The minimum atomic E-state index is -4.08. The van der Waals surface area contributed by atoms with Gasteiger partial charge in [0.25, 0.3) is 10.0 Å². The Hall–Kier alpha value is -3.65. The first kappa shape index (κ1) is 30.3. The highest BCUT2D eigenvalue weighted by atomic mass is 32.2. The van der Waals surface area contributed by atoms with Gasteiger partial charge >= 0.3 is 0 Å². The third kappa shape index (κ3) is 7.36. The first-order chi connectivity index (χ1) is 19.6. The predicted molar refractivity (Wildman–Crippen MR) is 163 cm³/mol. The van der Waals surface area contributed by atoms with Gasteiger partial charge in [-0.25, -0.2) is 8.42 Å². The number of nitrogens with zero attached hydrogens (tertiary/aromatic N) is 2. The molecular formula is C33H41N3O4S. The third-order valence-corrected chi connectivity index (χ3v) is 9.72. The van der Waals surface area contributed by atoms with Crippen molar-refractivity contribution in [3.63, 3.8) is 0 Å². The Morgan fingerprint density at radius 2 is 1.49 bits per heavy atom. The van der Waals surface area contributed by atoms with Crippen LogP contribution in [0, 0.1) is 6.92 Å². The zero-order valence-corrected chi connectivity index (χ0v) is 25.2. The zero-order valence-electron chi connectivity index (χ0n) is 24.4. The largest absolute Gasteiger partial charge is 0.352 e. The Balaban J connectivity index is 1.69. The monoisotopic (exact) mass is 575 g/mol. The van der Waals surface area contributed by atoms with Crippen molar-refractivity contribution in [3.8, 4) is 0 Å². The summed E-state index contributed by atoms with van der Waals surface area (Å²) in [7, 11) is -4.08. The summed E-state index contributed by atoms with van der Waals surface area (Å²) in [5.74, 6) is -0.402. The molecule has 3 aromatic carbocycles. The number of amides is 2. The molecule has 0 bridgehead atoms. The van der Waals surface area contributed by atoms with Crippen LogP contribution in [0.1, 0.15) is 69.1 Å². The molecule has 1 fully saturated rings.